The van der Waals surface area contributed by atoms with E-state index in [1.807, 2.05) is 0 Å². The Morgan fingerprint density at radius 1 is 1.35 bits per heavy atom. The summed E-state index contributed by atoms with van der Waals surface area (Å²) in [6.45, 7) is 1.07. The van der Waals surface area contributed by atoms with Crippen LogP contribution in [0.25, 0.3) is 0 Å². The lowest BCUT2D eigenvalue weighted by atomic mass is 10.1. The van der Waals surface area contributed by atoms with E-state index in [9.17, 15) is 13.6 Å². The Morgan fingerprint density at radius 3 is 2.76 bits per heavy atom. The van der Waals surface area contributed by atoms with Gasteiger partial charge in [0.25, 0.3) is 5.91 Å². The summed E-state index contributed by atoms with van der Waals surface area (Å²) < 4.78 is 25.8. The monoisotopic (exact) mass is 259 g/mol. The normalized spacial score (nSPS) is 20.4. The van der Waals surface area contributed by atoms with E-state index in [4.69, 9.17) is 11.6 Å². The van der Waals surface area contributed by atoms with Crippen molar-refractivity contribution in [2.24, 2.45) is 0 Å². The molecule has 1 amide bonds. The molecule has 0 spiro atoms. The highest BCUT2D eigenvalue weighted by Crippen LogP contribution is 2.18. The number of piperidine rings is 1. The van der Waals surface area contributed by atoms with Gasteiger partial charge in [0.2, 0.25) is 0 Å². The number of carbonyl (C=O) groups excluding carboxylic acids is 1. The zero-order valence-electron chi connectivity index (χ0n) is 9.13. The first kappa shape index (κ1) is 12.3. The molecule has 0 aromatic heterocycles. The molecule has 1 heterocycles. The standard InChI is InChI=1S/C12H12ClF2NO/c13-9-2-1-5-16(7-9)12(17)8-3-4-10(14)11(15)6-8/h3-4,6,9H,1-2,5,7H2. The Morgan fingerprint density at radius 2 is 2.12 bits per heavy atom. The van der Waals surface area contributed by atoms with Gasteiger partial charge in [0.15, 0.2) is 11.6 Å². The smallest absolute Gasteiger partial charge is 0.254 e. The molecule has 1 aliphatic heterocycles. The van der Waals surface area contributed by atoms with Crippen molar-refractivity contribution in [3.05, 3.63) is 35.4 Å². The van der Waals surface area contributed by atoms with Crippen molar-refractivity contribution in [2.45, 2.75) is 18.2 Å². The number of amides is 1. The minimum atomic E-state index is -1.00. The molecule has 5 heteroatoms. The van der Waals surface area contributed by atoms with Crippen LogP contribution in [-0.2, 0) is 0 Å². The maximum Gasteiger partial charge on any atom is 0.254 e. The molecule has 0 aliphatic carbocycles. The number of likely N-dealkylation sites (tertiary alicyclic amines) is 1. The molecule has 1 fully saturated rings. The molecule has 1 aromatic carbocycles. The molecule has 2 rings (SSSR count). The van der Waals surface area contributed by atoms with Gasteiger partial charge in [-0.15, -0.1) is 11.6 Å². The molecule has 0 N–H and O–H groups in total. The quantitative estimate of drug-likeness (QED) is 0.710. The lowest BCUT2D eigenvalue weighted by molar-refractivity contribution is 0.0726. The first-order chi connectivity index (χ1) is 8.08. The molecular formula is C12H12ClF2NO. The molecule has 1 aliphatic rings. The van der Waals surface area contributed by atoms with Gasteiger partial charge in [0.1, 0.15) is 0 Å². The molecule has 1 atom stereocenters. The number of carbonyl (C=O) groups is 1. The number of hydrogen-bond donors (Lipinski definition) is 0. The van der Waals surface area contributed by atoms with E-state index in [1.54, 1.807) is 4.90 Å². The molecule has 2 nitrogen and oxygen atoms in total. The highest BCUT2D eigenvalue weighted by atomic mass is 35.5. The van der Waals surface area contributed by atoms with Crippen molar-refractivity contribution in [1.29, 1.82) is 0 Å². The average Bonchev–Trinajstić information content (AvgIpc) is 2.32. The third kappa shape index (κ3) is 2.75. The average molecular weight is 260 g/mol. The highest BCUT2D eigenvalue weighted by molar-refractivity contribution is 6.21. The predicted octanol–water partition coefficient (Wildman–Crippen LogP) is 2.81. The van der Waals surface area contributed by atoms with Gasteiger partial charge in [-0.2, -0.15) is 0 Å². The molecule has 1 saturated heterocycles. The molecule has 0 radical (unpaired) electrons. The van der Waals surface area contributed by atoms with E-state index in [2.05, 4.69) is 0 Å². The number of rotatable bonds is 1. The second-order valence-electron chi connectivity index (χ2n) is 4.12. The van der Waals surface area contributed by atoms with Crippen LogP contribution in [0, 0.1) is 11.6 Å². The summed E-state index contributed by atoms with van der Waals surface area (Å²) in [5.74, 6) is -2.25. The number of benzene rings is 1. The fourth-order valence-electron chi connectivity index (χ4n) is 1.92. The number of alkyl halides is 1. The summed E-state index contributed by atoms with van der Waals surface area (Å²) in [7, 11) is 0. The Balaban J connectivity index is 2.15. The van der Waals surface area contributed by atoms with Gasteiger partial charge in [0.05, 0.1) is 5.38 Å². The second-order valence-corrected chi connectivity index (χ2v) is 4.74. The summed E-state index contributed by atoms with van der Waals surface area (Å²) in [6, 6.07) is 3.18. The molecular weight excluding hydrogens is 248 g/mol. The minimum absolute atomic E-state index is 0.0574. The number of halogens is 3. The van der Waals surface area contributed by atoms with Crippen LogP contribution in [0.1, 0.15) is 23.2 Å². The fraction of sp³-hybridized carbons (Fsp3) is 0.417. The van der Waals surface area contributed by atoms with Gasteiger partial charge in [-0.25, -0.2) is 8.78 Å². The number of nitrogens with zero attached hydrogens (tertiary/aromatic N) is 1. The Bertz CT molecular complexity index is 439. The van der Waals surface area contributed by atoms with Crippen molar-refractivity contribution in [3.63, 3.8) is 0 Å². The third-order valence-electron chi connectivity index (χ3n) is 2.82. The van der Waals surface area contributed by atoms with Crippen LogP contribution >= 0.6 is 11.6 Å². The van der Waals surface area contributed by atoms with Crippen LogP contribution in [0.5, 0.6) is 0 Å². The van der Waals surface area contributed by atoms with E-state index in [1.165, 1.54) is 6.07 Å². The zero-order valence-corrected chi connectivity index (χ0v) is 9.88. The van der Waals surface area contributed by atoms with Crippen LogP contribution in [0.3, 0.4) is 0 Å². The summed E-state index contributed by atoms with van der Waals surface area (Å²) >= 11 is 5.97. The van der Waals surface area contributed by atoms with Gasteiger partial charge >= 0.3 is 0 Å². The van der Waals surface area contributed by atoms with E-state index >= 15 is 0 Å². The molecule has 0 saturated carbocycles. The molecule has 1 unspecified atom stereocenters. The summed E-state index contributed by atoms with van der Waals surface area (Å²) in [5.41, 5.74) is 0.162. The first-order valence-electron chi connectivity index (χ1n) is 5.46. The van der Waals surface area contributed by atoms with Crippen LogP contribution in [0.2, 0.25) is 0 Å². The molecule has 1 aromatic rings. The molecule has 17 heavy (non-hydrogen) atoms. The molecule has 92 valence electrons. The Hall–Kier alpha value is -1.16. The SMILES string of the molecule is O=C(c1ccc(F)c(F)c1)N1CCCC(Cl)C1. The van der Waals surface area contributed by atoms with Crippen molar-refractivity contribution in [1.82, 2.24) is 4.90 Å². The maximum atomic E-state index is 13.0. The Labute approximate surface area is 103 Å². The third-order valence-corrected chi connectivity index (χ3v) is 3.17. The van der Waals surface area contributed by atoms with Crippen molar-refractivity contribution >= 4 is 17.5 Å². The van der Waals surface area contributed by atoms with Gasteiger partial charge < -0.3 is 4.90 Å². The van der Waals surface area contributed by atoms with Gasteiger partial charge in [0, 0.05) is 18.7 Å². The van der Waals surface area contributed by atoms with E-state index in [0.29, 0.717) is 13.1 Å². The van der Waals surface area contributed by atoms with Crippen molar-refractivity contribution < 1.29 is 13.6 Å². The lowest BCUT2D eigenvalue weighted by Crippen LogP contribution is -2.40. The van der Waals surface area contributed by atoms with Crippen molar-refractivity contribution in [3.8, 4) is 0 Å². The van der Waals surface area contributed by atoms with Crippen LogP contribution in [-0.4, -0.2) is 29.3 Å². The first-order valence-corrected chi connectivity index (χ1v) is 5.90. The summed E-state index contributed by atoms with van der Waals surface area (Å²) in [6.07, 6.45) is 1.71. The van der Waals surface area contributed by atoms with E-state index < -0.39 is 11.6 Å². The number of hydrogen-bond acceptors (Lipinski definition) is 1. The maximum absolute atomic E-state index is 13.0. The van der Waals surface area contributed by atoms with E-state index in [0.717, 1.165) is 25.0 Å². The lowest BCUT2D eigenvalue weighted by Gasteiger charge is -2.29. The van der Waals surface area contributed by atoms with Gasteiger partial charge in [-0.05, 0) is 31.0 Å². The summed E-state index contributed by atoms with van der Waals surface area (Å²) in [5, 5.41) is -0.0574. The topological polar surface area (TPSA) is 20.3 Å². The van der Waals surface area contributed by atoms with Crippen LogP contribution in [0.4, 0.5) is 8.78 Å². The fourth-order valence-corrected chi connectivity index (χ4v) is 2.24. The Kier molecular flexibility index (Phi) is 3.62. The highest BCUT2D eigenvalue weighted by Gasteiger charge is 2.23. The van der Waals surface area contributed by atoms with Gasteiger partial charge in [-0.1, -0.05) is 0 Å². The predicted molar refractivity (Wildman–Crippen MR) is 61.1 cm³/mol. The zero-order chi connectivity index (χ0) is 12.4. The van der Waals surface area contributed by atoms with E-state index in [-0.39, 0.29) is 16.8 Å². The van der Waals surface area contributed by atoms with Crippen LogP contribution < -0.4 is 0 Å². The second kappa shape index (κ2) is 5.00. The van der Waals surface area contributed by atoms with Crippen molar-refractivity contribution in [2.75, 3.05) is 13.1 Å². The largest absolute Gasteiger partial charge is 0.337 e. The molecule has 0 bridgehead atoms. The minimum Gasteiger partial charge on any atom is -0.337 e. The van der Waals surface area contributed by atoms with Crippen LogP contribution in [0.15, 0.2) is 18.2 Å². The van der Waals surface area contributed by atoms with Gasteiger partial charge in [-0.3, -0.25) is 4.79 Å². The summed E-state index contributed by atoms with van der Waals surface area (Å²) in [4.78, 5) is 13.6.